The number of hydrogen-bond acceptors (Lipinski definition) is 3. The van der Waals surface area contributed by atoms with Crippen LogP contribution in [0.25, 0.3) is 0 Å². The van der Waals surface area contributed by atoms with Crippen molar-refractivity contribution in [1.82, 2.24) is 5.32 Å². The van der Waals surface area contributed by atoms with E-state index in [0.717, 1.165) is 22.3 Å². The van der Waals surface area contributed by atoms with E-state index in [9.17, 15) is 13.2 Å². The number of carbonyl (C=O) groups is 1. The van der Waals surface area contributed by atoms with Gasteiger partial charge in [-0.15, -0.1) is 0 Å². The zero-order valence-electron chi connectivity index (χ0n) is 19.8. The molecule has 0 fully saturated rings. The molecule has 0 aliphatic heterocycles. The lowest BCUT2D eigenvalue weighted by Crippen LogP contribution is -2.42. The van der Waals surface area contributed by atoms with Crippen LogP contribution in [-0.4, -0.2) is 20.9 Å². The molecule has 0 aliphatic rings. The standard InChI is InChI=1S/C29H28N2O3S/c1-22-17-19-25(20-18-22)29(24-12-5-3-6-13-24)30-28(32)21-31(27-16-10-9-11-23(27)2)35(33,34)26-14-7-4-8-15-26/h3-20,29H,21H2,1-2H3,(H,30,32)/t29-/m1/s1. The summed E-state index contributed by atoms with van der Waals surface area (Å²) in [6, 6.07) is 32.5. The van der Waals surface area contributed by atoms with Crippen LogP contribution in [0.2, 0.25) is 0 Å². The molecule has 6 heteroatoms. The summed E-state index contributed by atoms with van der Waals surface area (Å²) in [7, 11) is -3.97. The van der Waals surface area contributed by atoms with Crippen LogP contribution in [0.5, 0.6) is 0 Å². The molecular formula is C29H28N2O3S. The number of nitrogens with zero attached hydrogens (tertiary/aromatic N) is 1. The van der Waals surface area contributed by atoms with Gasteiger partial charge in [0.05, 0.1) is 16.6 Å². The van der Waals surface area contributed by atoms with Crippen molar-refractivity contribution in [3.63, 3.8) is 0 Å². The monoisotopic (exact) mass is 484 g/mol. The molecule has 0 unspecified atom stereocenters. The Morgan fingerprint density at radius 3 is 1.91 bits per heavy atom. The largest absolute Gasteiger partial charge is 0.344 e. The molecule has 0 saturated heterocycles. The Hall–Kier alpha value is -3.90. The molecule has 1 N–H and O–H groups in total. The van der Waals surface area contributed by atoms with E-state index in [1.807, 2.05) is 80.6 Å². The molecule has 0 saturated carbocycles. The average Bonchev–Trinajstić information content (AvgIpc) is 2.88. The first-order valence-electron chi connectivity index (χ1n) is 11.4. The molecule has 5 nitrogen and oxygen atoms in total. The fourth-order valence-corrected chi connectivity index (χ4v) is 5.47. The fraction of sp³-hybridized carbons (Fsp3) is 0.138. The van der Waals surface area contributed by atoms with Crippen LogP contribution in [0, 0.1) is 13.8 Å². The maximum absolute atomic E-state index is 13.6. The maximum atomic E-state index is 13.6. The number of amides is 1. The molecule has 0 aliphatic carbocycles. The van der Waals surface area contributed by atoms with Crippen LogP contribution in [-0.2, 0) is 14.8 Å². The quantitative estimate of drug-likeness (QED) is 0.364. The van der Waals surface area contributed by atoms with E-state index in [4.69, 9.17) is 0 Å². The van der Waals surface area contributed by atoms with Crippen LogP contribution in [0.4, 0.5) is 5.69 Å². The molecule has 0 spiro atoms. The lowest BCUT2D eigenvalue weighted by molar-refractivity contribution is -0.120. The van der Waals surface area contributed by atoms with Crippen molar-refractivity contribution in [2.75, 3.05) is 10.8 Å². The second-order valence-corrected chi connectivity index (χ2v) is 10.3. The normalized spacial score (nSPS) is 12.1. The van der Waals surface area contributed by atoms with E-state index >= 15 is 0 Å². The molecule has 1 atom stereocenters. The summed E-state index contributed by atoms with van der Waals surface area (Å²) >= 11 is 0. The lowest BCUT2D eigenvalue weighted by Gasteiger charge is -2.27. The first kappa shape index (κ1) is 24.2. The smallest absolute Gasteiger partial charge is 0.264 e. The number of carbonyl (C=O) groups excluding carboxylic acids is 1. The Bertz CT molecular complexity index is 1390. The van der Waals surface area contributed by atoms with E-state index in [0.29, 0.717) is 5.69 Å². The van der Waals surface area contributed by atoms with Crippen molar-refractivity contribution in [1.29, 1.82) is 0 Å². The Morgan fingerprint density at radius 1 is 0.743 bits per heavy atom. The molecule has 4 aromatic carbocycles. The molecule has 4 rings (SSSR count). The molecule has 0 bridgehead atoms. The van der Waals surface area contributed by atoms with Gasteiger partial charge in [0.15, 0.2) is 0 Å². The first-order chi connectivity index (χ1) is 16.9. The number of benzene rings is 4. The van der Waals surface area contributed by atoms with Crippen molar-refractivity contribution in [2.45, 2.75) is 24.8 Å². The lowest BCUT2D eigenvalue weighted by atomic mass is 9.98. The second kappa shape index (κ2) is 10.6. The van der Waals surface area contributed by atoms with Crippen LogP contribution < -0.4 is 9.62 Å². The predicted octanol–water partition coefficient (Wildman–Crippen LogP) is 5.40. The fourth-order valence-electron chi connectivity index (χ4n) is 3.96. The van der Waals surface area contributed by atoms with Crippen LogP contribution in [0.3, 0.4) is 0 Å². The van der Waals surface area contributed by atoms with Crippen molar-refractivity contribution in [2.24, 2.45) is 0 Å². The highest BCUT2D eigenvalue weighted by Gasteiger charge is 2.29. The minimum atomic E-state index is -3.97. The molecule has 35 heavy (non-hydrogen) atoms. The van der Waals surface area contributed by atoms with E-state index in [1.165, 1.54) is 16.4 Å². The van der Waals surface area contributed by atoms with Crippen molar-refractivity contribution < 1.29 is 13.2 Å². The Kier molecular flexibility index (Phi) is 7.32. The number of anilines is 1. The summed E-state index contributed by atoms with van der Waals surface area (Å²) in [5, 5.41) is 3.07. The summed E-state index contributed by atoms with van der Waals surface area (Å²) < 4.78 is 28.4. The topological polar surface area (TPSA) is 66.5 Å². The van der Waals surface area contributed by atoms with Gasteiger partial charge in [0, 0.05) is 0 Å². The van der Waals surface area contributed by atoms with Gasteiger partial charge in [0.25, 0.3) is 10.0 Å². The number of nitrogens with one attached hydrogen (secondary N) is 1. The van der Waals surface area contributed by atoms with Crippen LogP contribution in [0.1, 0.15) is 28.3 Å². The zero-order valence-corrected chi connectivity index (χ0v) is 20.6. The Labute approximate surface area is 207 Å². The third kappa shape index (κ3) is 5.61. The summed E-state index contributed by atoms with van der Waals surface area (Å²) in [5.74, 6) is -0.401. The number of rotatable bonds is 8. The van der Waals surface area contributed by atoms with Gasteiger partial charge in [-0.3, -0.25) is 9.10 Å². The molecule has 0 aromatic heterocycles. The summed E-state index contributed by atoms with van der Waals surface area (Å²) in [5.41, 5.74) is 4.18. The number of aryl methyl sites for hydroxylation is 2. The predicted molar refractivity (Wildman–Crippen MR) is 140 cm³/mol. The number of para-hydroxylation sites is 1. The molecule has 178 valence electrons. The van der Waals surface area contributed by atoms with Gasteiger partial charge < -0.3 is 5.32 Å². The highest BCUT2D eigenvalue weighted by molar-refractivity contribution is 7.92. The van der Waals surface area contributed by atoms with E-state index in [2.05, 4.69) is 5.32 Å². The molecule has 0 heterocycles. The minimum absolute atomic E-state index is 0.134. The van der Waals surface area contributed by atoms with Gasteiger partial charge in [-0.25, -0.2) is 8.42 Å². The third-order valence-electron chi connectivity index (χ3n) is 5.85. The van der Waals surface area contributed by atoms with E-state index < -0.39 is 22.0 Å². The van der Waals surface area contributed by atoms with Crippen LogP contribution in [0.15, 0.2) is 114 Å². The summed E-state index contributed by atoms with van der Waals surface area (Å²) in [4.78, 5) is 13.6. The Morgan fingerprint density at radius 2 is 1.29 bits per heavy atom. The SMILES string of the molecule is Cc1ccc([C@H](NC(=O)CN(c2ccccc2C)S(=O)(=O)c2ccccc2)c2ccccc2)cc1. The highest BCUT2D eigenvalue weighted by atomic mass is 32.2. The van der Waals surface area contributed by atoms with Gasteiger partial charge in [-0.05, 0) is 48.7 Å². The highest BCUT2D eigenvalue weighted by Crippen LogP contribution is 2.27. The Balaban J connectivity index is 1.69. The van der Waals surface area contributed by atoms with E-state index in [1.54, 1.807) is 30.3 Å². The zero-order chi connectivity index (χ0) is 24.8. The summed E-state index contributed by atoms with van der Waals surface area (Å²) in [6.07, 6.45) is 0. The van der Waals surface area contributed by atoms with Gasteiger partial charge >= 0.3 is 0 Å². The molecule has 0 radical (unpaired) electrons. The maximum Gasteiger partial charge on any atom is 0.264 e. The first-order valence-corrected chi connectivity index (χ1v) is 12.8. The molecular weight excluding hydrogens is 456 g/mol. The summed E-state index contributed by atoms with van der Waals surface area (Å²) in [6.45, 7) is 3.49. The van der Waals surface area contributed by atoms with Crippen molar-refractivity contribution >= 4 is 21.6 Å². The van der Waals surface area contributed by atoms with Gasteiger partial charge in [0.1, 0.15) is 6.54 Å². The average molecular weight is 485 g/mol. The van der Waals surface area contributed by atoms with Gasteiger partial charge in [-0.2, -0.15) is 0 Å². The third-order valence-corrected chi connectivity index (χ3v) is 7.63. The van der Waals surface area contributed by atoms with E-state index in [-0.39, 0.29) is 11.4 Å². The van der Waals surface area contributed by atoms with Gasteiger partial charge in [0.2, 0.25) is 5.91 Å². The second-order valence-electron chi connectivity index (χ2n) is 8.43. The van der Waals surface area contributed by atoms with Gasteiger partial charge in [-0.1, -0.05) is 96.6 Å². The molecule has 4 aromatic rings. The van der Waals surface area contributed by atoms with Crippen molar-refractivity contribution in [3.05, 3.63) is 131 Å². The van der Waals surface area contributed by atoms with Crippen LogP contribution >= 0.6 is 0 Å². The minimum Gasteiger partial charge on any atom is -0.344 e. The number of hydrogen-bond donors (Lipinski definition) is 1. The van der Waals surface area contributed by atoms with Crippen molar-refractivity contribution in [3.8, 4) is 0 Å². The number of sulfonamides is 1. The molecule has 1 amide bonds.